The molecule has 0 atom stereocenters. The molecular weight excluding hydrogens is 120 g/mol. The van der Waals surface area contributed by atoms with Gasteiger partial charge < -0.3 is 0 Å². The van der Waals surface area contributed by atoms with Crippen LogP contribution in [0.4, 0.5) is 0 Å². The van der Waals surface area contributed by atoms with E-state index in [-0.39, 0.29) is 12.4 Å². The zero-order valence-electron chi connectivity index (χ0n) is 5.23. The highest BCUT2D eigenvalue weighted by molar-refractivity contribution is 5.85. The molecule has 0 heterocycles. The molecule has 0 bridgehead atoms. The molecule has 1 radical (unpaired) electrons. The third kappa shape index (κ3) is 3.31. The first-order valence-electron chi connectivity index (χ1n) is 3.32. The summed E-state index contributed by atoms with van der Waals surface area (Å²) < 4.78 is 0. The van der Waals surface area contributed by atoms with E-state index in [1.165, 1.54) is 38.5 Å². The first-order chi connectivity index (χ1) is 3.50. The second kappa shape index (κ2) is 5.43. The van der Waals surface area contributed by atoms with E-state index in [0.717, 1.165) is 0 Å². The molecule has 0 aliphatic heterocycles. The topological polar surface area (TPSA) is 0 Å². The Morgan fingerprint density at radius 3 is 1.75 bits per heavy atom. The van der Waals surface area contributed by atoms with Crippen molar-refractivity contribution >= 4 is 12.4 Å². The molecule has 0 saturated heterocycles. The summed E-state index contributed by atoms with van der Waals surface area (Å²) in [5.74, 6) is 0. The van der Waals surface area contributed by atoms with Gasteiger partial charge in [0.2, 0.25) is 0 Å². The number of hydrogen-bond acceptors (Lipinski definition) is 0. The van der Waals surface area contributed by atoms with Gasteiger partial charge in [-0.3, -0.25) is 0 Å². The van der Waals surface area contributed by atoms with Gasteiger partial charge in [0.25, 0.3) is 0 Å². The van der Waals surface area contributed by atoms with Crippen molar-refractivity contribution in [3.05, 3.63) is 6.42 Å². The third-order valence-electron chi connectivity index (χ3n) is 1.57. The number of hydrogen-bond donors (Lipinski definition) is 0. The summed E-state index contributed by atoms with van der Waals surface area (Å²) in [6.07, 6.45) is 11.0. The van der Waals surface area contributed by atoms with Crippen molar-refractivity contribution in [2.75, 3.05) is 0 Å². The fraction of sp³-hybridized carbons (Fsp3) is 0.857. The lowest BCUT2D eigenvalue weighted by Crippen LogP contribution is -1.68. The van der Waals surface area contributed by atoms with Crippen molar-refractivity contribution in [2.45, 2.75) is 38.5 Å². The Morgan fingerprint density at radius 1 is 0.750 bits per heavy atom. The van der Waals surface area contributed by atoms with E-state index in [9.17, 15) is 0 Å². The molecule has 0 spiro atoms. The van der Waals surface area contributed by atoms with Gasteiger partial charge in [-0.15, -0.1) is 12.4 Å². The zero-order valence-corrected chi connectivity index (χ0v) is 6.04. The molecule has 8 heavy (non-hydrogen) atoms. The van der Waals surface area contributed by atoms with Gasteiger partial charge >= 0.3 is 0 Å². The minimum Gasteiger partial charge on any atom is -0.147 e. The van der Waals surface area contributed by atoms with Crippen molar-refractivity contribution in [3.8, 4) is 0 Å². The van der Waals surface area contributed by atoms with Crippen LogP contribution in [0.5, 0.6) is 0 Å². The molecule has 1 rings (SSSR count). The van der Waals surface area contributed by atoms with Crippen molar-refractivity contribution in [1.82, 2.24) is 0 Å². The Kier molecular flexibility index (Phi) is 5.62. The predicted molar refractivity (Wildman–Crippen MR) is 39.3 cm³/mol. The van der Waals surface area contributed by atoms with Gasteiger partial charge in [0.1, 0.15) is 0 Å². The van der Waals surface area contributed by atoms with Gasteiger partial charge in [0.15, 0.2) is 0 Å². The summed E-state index contributed by atoms with van der Waals surface area (Å²) >= 11 is 0. The molecule has 0 nitrogen and oxygen atoms in total. The first-order valence-corrected chi connectivity index (χ1v) is 3.32. The van der Waals surface area contributed by atoms with Crippen molar-refractivity contribution in [3.63, 3.8) is 0 Å². The predicted octanol–water partition coefficient (Wildman–Crippen LogP) is 2.97. The van der Waals surface area contributed by atoms with Gasteiger partial charge in [-0.1, -0.05) is 38.5 Å². The molecule has 0 aromatic rings. The molecule has 0 aromatic heterocycles. The summed E-state index contributed by atoms with van der Waals surface area (Å²) in [7, 11) is 0. The Bertz CT molecular complexity index is 24.0. The highest BCUT2D eigenvalue weighted by Gasteiger charge is 1.95. The fourth-order valence-corrected chi connectivity index (χ4v) is 1.08. The normalized spacial score (nSPS) is 21.0. The quantitative estimate of drug-likeness (QED) is 0.446. The Labute approximate surface area is 58.1 Å². The Balaban J connectivity index is 0.000000490. The maximum absolute atomic E-state index is 2.42. The molecule has 0 unspecified atom stereocenters. The monoisotopic (exact) mass is 133 g/mol. The maximum Gasteiger partial charge on any atom is -0.0386 e. The summed E-state index contributed by atoms with van der Waals surface area (Å²) in [6, 6.07) is 0. The molecule has 1 aliphatic rings. The van der Waals surface area contributed by atoms with Crippen molar-refractivity contribution in [1.29, 1.82) is 0 Å². The fourth-order valence-electron chi connectivity index (χ4n) is 1.08. The van der Waals surface area contributed by atoms with Crippen LogP contribution >= 0.6 is 12.4 Å². The van der Waals surface area contributed by atoms with Crippen LogP contribution in [0.1, 0.15) is 38.5 Å². The summed E-state index contributed by atoms with van der Waals surface area (Å²) in [6.45, 7) is 0. The summed E-state index contributed by atoms with van der Waals surface area (Å²) in [5, 5.41) is 0. The van der Waals surface area contributed by atoms with Gasteiger partial charge in [0, 0.05) is 0 Å². The van der Waals surface area contributed by atoms with Crippen LogP contribution in [0.15, 0.2) is 0 Å². The highest BCUT2D eigenvalue weighted by atomic mass is 35.5. The number of rotatable bonds is 0. The summed E-state index contributed by atoms with van der Waals surface area (Å²) in [4.78, 5) is 0. The molecule has 1 saturated carbocycles. The van der Waals surface area contributed by atoms with Crippen LogP contribution < -0.4 is 0 Å². The minimum atomic E-state index is 0. The molecular formula is C7H14Cl. The SMILES string of the molecule is Cl.[CH]1CCCCCC1. The highest BCUT2D eigenvalue weighted by Crippen LogP contribution is 2.14. The molecule has 1 fully saturated rings. The van der Waals surface area contributed by atoms with Crippen molar-refractivity contribution < 1.29 is 0 Å². The first kappa shape index (κ1) is 8.29. The van der Waals surface area contributed by atoms with Crippen LogP contribution in [0.3, 0.4) is 0 Å². The summed E-state index contributed by atoms with van der Waals surface area (Å²) in [5.41, 5.74) is 0. The van der Waals surface area contributed by atoms with Crippen LogP contribution in [0.25, 0.3) is 0 Å². The Morgan fingerprint density at radius 2 is 1.25 bits per heavy atom. The Hall–Kier alpha value is 0.290. The van der Waals surface area contributed by atoms with E-state index in [4.69, 9.17) is 0 Å². The lowest BCUT2D eigenvalue weighted by molar-refractivity contribution is 0.702. The van der Waals surface area contributed by atoms with E-state index >= 15 is 0 Å². The second-order valence-corrected chi connectivity index (χ2v) is 2.28. The van der Waals surface area contributed by atoms with E-state index < -0.39 is 0 Å². The third-order valence-corrected chi connectivity index (χ3v) is 1.57. The molecule has 49 valence electrons. The molecule has 0 N–H and O–H groups in total. The van der Waals surface area contributed by atoms with E-state index in [0.29, 0.717) is 0 Å². The molecule has 0 aromatic carbocycles. The standard InChI is InChI=1S/C7H13.ClH/c1-2-4-6-7-5-3-1;/h1H,2-7H2;1H. The van der Waals surface area contributed by atoms with Crippen LogP contribution in [0, 0.1) is 6.42 Å². The molecule has 1 heteroatoms. The van der Waals surface area contributed by atoms with E-state index in [2.05, 4.69) is 6.42 Å². The van der Waals surface area contributed by atoms with Crippen LogP contribution in [-0.2, 0) is 0 Å². The van der Waals surface area contributed by atoms with Gasteiger partial charge in [-0.25, -0.2) is 0 Å². The van der Waals surface area contributed by atoms with Gasteiger partial charge in [-0.05, 0) is 6.42 Å². The maximum atomic E-state index is 2.42. The molecule has 0 amide bonds. The lowest BCUT2D eigenvalue weighted by Gasteiger charge is -1.85. The second-order valence-electron chi connectivity index (χ2n) is 2.28. The van der Waals surface area contributed by atoms with Crippen molar-refractivity contribution in [2.24, 2.45) is 0 Å². The minimum absolute atomic E-state index is 0. The largest absolute Gasteiger partial charge is 0.147 e. The van der Waals surface area contributed by atoms with Gasteiger partial charge in [-0.2, -0.15) is 0 Å². The molecule has 1 aliphatic carbocycles. The van der Waals surface area contributed by atoms with Crippen LogP contribution in [-0.4, -0.2) is 0 Å². The zero-order chi connectivity index (χ0) is 4.95. The average Bonchev–Trinajstić information content (AvgIpc) is 1.90. The van der Waals surface area contributed by atoms with Crippen LogP contribution in [0.2, 0.25) is 0 Å². The average molecular weight is 134 g/mol. The van der Waals surface area contributed by atoms with E-state index in [1.54, 1.807) is 0 Å². The lowest BCUT2D eigenvalue weighted by atomic mass is 10.2. The smallest absolute Gasteiger partial charge is 0.0386 e. The number of halogens is 1. The van der Waals surface area contributed by atoms with Gasteiger partial charge in [0.05, 0.1) is 0 Å². The van der Waals surface area contributed by atoms with E-state index in [1.807, 2.05) is 0 Å².